The van der Waals surface area contributed by atoms with Gasteiger partial charge in [0, 0.05) is 52.6 Å². The van der Waals surface area contributed by atoms with Gasteiger partial charge in [0.1, 0.15) is 22.8 Å². The number of ether oxygens (including phenoxy) is 2. The van der Waals surface area contributed by atoms with Crippen LogP contribution in [-0.2, 0) is 27.7 Å². The number of fused-ring (bicyclic) bond motifs is 1. The molecule has 0 atom stereocenters. The third kappa shape index (κ3) is 6.19. The van der Waals surface area contributed by atoms with Gasteiger partial charge in [-0.05, 0) is 24.6 Å². The predicted molar refractivity (Wildman–Crippen MR) is 156 cm³/mol. The highest BCUT2D eigenvalue weighted by Crippen LogP contribution is 2.30. The molecule has 0 radical (unpaired) electrons. The number of aromatic nitrogens is 6. The second-order valence-electron chi connectivity index (χ2n) is 9.79. The van der Waals surface area contributed by atoms with Crippen LogP contribution in [0.3, 0.4) is 0 Å². The van der Waals surface area contributed by atoms with Crippen molar-refractivity contribution in [3.63, 3.8) is 0 Å². The number of nitrogens with one attached hydrogen (secondary N) is 1. The van der Waals surface area contributed by atoms with E-state index in [-0.39, 0.29) is 40.9 Å². The van der Waals surface area contributed by atoms with Crippen LogP contribution in [0.15, 0.2) is 46.3 Å². The average molecular weight is 598 g/mol. The smallest absolute Gasteiger partial charge is 0.279 e. The van der Waals surface area contributed by atoms with Crippen molar-refractivity contribution in [3.05, 3.63) is 58.4 Å². The van der Waals surface area contributed by atoms with Crippen LogP contribution in [0.25, 0.3) is 22.4 Å². The van der Waals surface area contributed by atoms with E-state index in [4.69, 9.17) is 20.2 Å². The van der Waals surface area contributed by atoms with Gasteiger partial charge < -0.3 is 20.2 Å². The van der Waals surface area contributed by atoms with Crippen molar-refractivity contribution in [1.29, 1.82) is 0 Å². The van der Waals surface area contributed by atoms with Crippen LogP contribution >= 0.6 is 0 Å². The van der Waals surface area contributed by atoms with Gasteiger partial charge in [-0.2, -0.15) is 9.40 Å². The number of nitrogens with zero attached hydrogens (tertiary/aromatic N) is 7. The van der Waals surface area contributed by atoms with E-state index < -0.39 is 15.6 Å². The number of nitrogens with two attached hydrogens (primary N) is 1. The summed E-state index contributed by atoms with van der Waals surface area (Å²) < 4.78 is 41.3. The predicted octanol–water partition coefficient (Wildman–Crippen LogP) is 0.478. The summed E-state index contributed by atoms with van der Waals surface area (Å²) in [7, 11) is -2.34. The van der Waals surface area contributed by atoms with E-state index in [1.165, 1.54) is 16.6 Å². The van der Waals surface area contributed by atoms with Gasteiger partial charge in [0.25, 0.3) is 5.56 Å². The molecular formula is C27H35N9O5S. The number of aromatic amines is 1. The van der Waals surface area contributed by atoms with Gasteiger partial charge in [0.15, 0.2) is 5.52 Å². The zero-order chi connectivity index (χ0) is 29.7. The van der Waals surface area contributed by atoms with Crippen molar-refractivity contribution >= 4 is 21.1 Å². The van der Waals surface area contributed by atoms with Gasteiger partial charge in [-0.25, -0.2) is 18.4 Å². The fourth-order valence-electron chi connectivity index (χ4n) is 4.92. The Hall–Kier alpha value is -3.76. The highest BCUT2D eigenvalue weighted by molar-refractivity contribution is 7.89. The highest BCUT2D eigenvalue weighted by Gasteiger charge is 2.30. The lowest BCUT2D eigenvalue weighted by atomic mass is 10.2. The number of hydrogen-bond acceptors (Lipinski definition) is 11. The molecule has 1 aliphatic rings. The summed E-state index contributed by atoms with van der Waals surface area (Å²) in [5.41, 5.74) is 7.57. The first kappa shape index (κ1) is 29.7. The summed E-state index contributed by atoms with van der Waals surface area (Å²) in [5, 5.41) is 4.53. The number of methoxy groups -OCH3 is 1. The van der Waals surface area contributed by atoms with E-state index >= 15 is 0 Å². The number of rotatable bonds is 12. The fourth-order valence-corrected chi connectivity index (χ4v) is 6.32. The number of pyridine rings is 2. The van der Waals surface area contributed by atoms with E-state index in [2.05, 4.69) is 25.0 Å². The molecule has 5 heterocycles. The van der Waals surface area contributed by atoms with Crippen molar-refractivity contribution in [2.24, 2.45) is 5.73 Å². The molecule has 0 amide bonds. The molecular weight excluding hydrogens is 562 g/mol. The van der Waals surface area contributed by atoms with Gasteiger partial charge in [0.2, 0.25) is 15.9 Å². The third-order valence-electron chi connectivity index (χ3n) is 7.10. The number of piperazine rings is 1. The van der Waals surface area contributed by atoms with Gasteiger partial charge in [-0.15, -0.1) is 0 Å². The lowest BCUT2D eigenvalue weighted by Crippen LogP contribution is -2.49. The Kier molecular flexibility index (Phi) is 9.23. The molecule has 15 heteroatoms. The minimum absolute atomic E-state index is 0.0202. The second kappa shape index (κ2) is 13.0. The molecule has 5 rings (SSSR count). The van der Waals surface area contributed by atoms with Crippen LogP contribution in [0, 0.1) is 0 Å². The number of aryl methyl sites for hydroxylation is 1. The summed E-state index contributed by atoms with van der Waals surface area (Å²) in [4.78, 5) is 31.6. The monoisotopic (exact) mass is 597 g/mol. The van der Waals surface area contributed by atoms with E-state index in [1.807, 2.05) is 25.1 Å². The summed E-state index contributed by atoms with van der Waals surface area (Å²) >= 11 is 0. The van der Waals surface area contributed by atoms with Crippen molar-refractivity contribution < 1.29 is 17.9 Å². The Bertz CT molecular complexity index is 1680. The largest absolute Gasteiger partial charge is 0.475 e. The Morgan fingerprint density at radius 1 is 1.10 bits per heavy atom. The Labute approximate surface area is 243 Å². The normalized spacial score (nSPS) is 14.9. The standard InChI is InChI=1S/C27H35N9O5S/c1-3-22-23-24(33-36(22)18-19-6-4-5-8-29-19)26(37)32-25(31-23)21-16-20(17-30-27(21)41-15-14-40-2)42(38,39)35-12-10-34(9-7-28)11-13-35/h4-6,8,16-17H,3,7,9-15,18,28H2,1-2H3,(H,31,32,37). The van der Waals surface area contributed by atoms with Crippen LogP contribution < -0.4 is 16.0 Å². The van der Waals surface area contributed by atoms with Crippen molar-refractivity contribution in [2.75, 3.05) is 59.6 Å². The quantitative estimate of drug-likeness (QED) is 0.217. The molecule has 224 valence electrons. The SMILES string of the molecule is CCc1c2nc(-c3cc(S(=O)(=O)N4CCN(CCN)CC4)cnc3OCCOC)[nH]c(=O)c2nn1Cc1ccccn1. The maximum absolute atomic E-state index is 13.6. The summed E-state index contributed by atoms with van der Waals surface area (Å²) in [6, 6.07) is 7.05. The molecule has 0 unspecified atom stereocenters. The third-order valence-corrected chi connectivity index (χ3v) is 8.96. The summed E-state index contributed by atoms with van der Waals surface area (Å²) in [5.74, 6) is 0.254. The lowest BCUT2D eigenvalue weighted by molar-refractivity contribution is 0.144. The lowest BCUT2D eigenvalue weighted by Gasteiger charge is -2.33. The molecule has 1 aliphatic heterocycles. The van der Waals surface area contributed by atoms with Crippen molar-refractivity contribution in [1.82, 2.24) is 38.9 Å². The molecule has 4 aromatic rings. The minimum atomic E-state index is -3.88. The van der Waals surface area contributed by atoms with Gasteiger partial charge in [-0.3, -0.25) is 19.4 Å². The van der Waals surface area contributed by atoms with Gasteiger partial charge in [0.05, 0.1) is 36.3 Å². The molecule has 14 nitrogen and oxygen atoms in total. The van der Waals surface area contributed by atoms with Crippen molar-refractivity contribution in [2.45, 2.75) is 24.8 Å². The number of H-pyrrole nitrogens is 1. The van der Waals surface area contributed by atoms with Gasteiger partial charge >= 0.3 is 0 Å². The van der Waals surface area contributed by atoms with Crippen LogP contribution in [0.4, 0.5) is 0 Å². The molecule has 1 fully saturated rings. The molecule has 0 spiro atoms. The van der Waals surface area contributed by atoms with Crippen molar-refractivity contribution in [3.8, 4) is 17.3 Å². The fraction of sp³-hybridized carbons (Fsp3) is 0.444. The van der Waals surface area contributed by atoms with Crippen LogP contribution in [0.2, 0.25) is 0 Å². The molecule has 0 aromatic carbocycles. The first-order valence-electron chi connectivity index (χ1n) is 13.8. The van der Waals surface area contributed by atoms with E-state index in [1.54, 1.807) is 18.0 Å². The molecule has 4 aromatic heterocycles. The molecule has 0 saturated carbocycles. The number of sulfonamides is 1. The summed E-state index contributed by atoms with van der Waals surface area (Å²) in [6.45, 7) is 5.85. The molecule has 3 N–H and O–H groups in total. The highest BCUT2D eigenvalue weighted by atomic mass is 32.2. The zero-order valence-electron chi connectivity index (χ0n) is 23.7. The Balaban J connectivity index is 1.56. The first-order chi connectivity index (χ1) is 20.3. The minimum Gasteiger partial charge on any atom is -0.475 e. The van der Waals surface area contributed by atoms with Crippen LogP contribution in [0.1, 0.15) is 18.3 Å². The topological polar surface area (TPSA) is 174 Å². The molecule has 0 bridgehead atoms. The Morgan fingerprint density at radius 3 is 2.60 bits per heavy atom. The molecule has 42 heavy (non-hydrogen) atoms. The molecule has 0 aliphatic carbocycles. The van der Waals surface area contributed by atoms with Crippen LogP contribution in [0.5, 0.6) is 5.88 Å². The van der Waals surface area contributed by atoms with E-state index in [0.717, 1.165) is 11.4 Å². The van der Waals surface area contributed by atoms with Crippen LogP contribution in [-0.4, -0.2) is 107 Å². The van der Waals surface area contributed by atoms with Gasteiger partial charge in [-0.1, -0.05) is 13.0 Å². The summed E-state index contributed by atoms with van der Waals surface area (Å²) in [6.07, 6.45) is 3.53. The first-order valence-corrected chi connectivity index (χ1v) is 15.2. The zero-order valence-corrected chi connectivity index (χ0v) is 24.5. The Morgan fingerprint density at radius 2 is 1.90 bits per heavy atom. The maximum atomic E-state index is 13.6. The maximum Gasteiger partial charge on any atom is 0.279 e. The number of hydrogen-bond donors (Lipinski definition) is 2. The van der Waals surface area contributed by atoms with E-state index in [0.29, 0.717) is 57.8 Å². The second-order valence-corrected chi connectivity index (χ2v) is 11.7. The molecule has 1 saturated heterocycles. The average Bonchev–Trinajstić information content (AvgIpc) is 3.35. The van der Waals surface area contributed by atoms with E-state index in [9.17, 15) is 13.2 Å².